The molecule has 0 aromatic heterocycles. The molecule has 1 aromatic rings. The van der Waals surface area contributed by atoms with Crippen molar-refractivity contribution >= 4 is 24.0 Å². The smallest absolute Gasteiger partial charge is 0.241 e. The maximum Gasteiger partial charge on any atom is 0.241 e. The van der Waals surface area contributed by atoms with Gasteiger partial charge in [-0.1, -0.05) is 6.92 Å². The average molecular weight is 251 g/mol. The Balaban J connectivity index is 0.00000225. The fourth-order valence-electron chi connectivity index (χ4n) is 1.00. The van der Waals surface area contributed by atoms with Crippen molar-refractivity contribution in [3.63, 3.8) is 0 Å². The summed E-state index contributed by atoms with van der Waals surface area (Å²) in [7, 11) is 0. The zero-order valence-electron chi connectivity index (χ0n) is 8.67. The summed E-state index contributed by atoms with van der Waals surface area (Å²) in [4.78, 5) is 11.3. The highest BCUT2D eigenvalue weighted by Gasteiger charge is 2.13. The van der Waals surface area contributed by atoms with Gasteiger partial charge in [0.05, 0.1) is 11.7 Å². The molecule has 3 nitrogen and oxygen atoms in total. The summed E-state index contributed by atoms with van der Waals surface area (Å²) < 4.78 is 25.6. The quantitative estimate of drug-likeness (QED) is 0.863. The monoisotopic (exact) mass is 250 g/mol. The number of hydrogen-bond donors (Lipinski definition) is 2. The molecule has 0 radical (unpaired) electrons. The third kappa shape index (κ3) is 3.75. The molecule has 16 heavy (non-hydrogen) atoms. The minimum Gasteiger partial charge on any atom is -0.322 e. The summed E-state index contributed by atoms with van der Waals surface area (Å²) in [5, 5.41) is 2.28. The highest BCUT2D eigenvalue weighted by atomic mass is 35.5. The molecule has 0 fully saturated rings. The summed E-state index contributed by atoms with van der Waals surface area (Å²) in [6.07, 6.45) is 0.453. The van der Waals surface area contributed by atoms with Gasteiger partial charge in [-0.25, -0.2) is 8.78 Å². The van der Waals surface area contributed by atoms with Crippen molar-refractivity contribution in [1.82, 2.24) is 0 Å². The average Bonchev–Trinajstić information content (AvgIpc) is 2.20. The number of halogens is 3. The lowest BCUT2D eigenvalue weighted by Gasteiger charge is -2.10. The zero-order chi connectivity index (χ0) is 11.4. The van der Waals surface area contributed by atoms with Crippen LogP contribution in [0.5, 0.6) is 0 Å². The zero-order valence-corrected chi connectivity index (χ0v) is 9.48. The lowest BCUT2D eigenvalue weighted by molar-refractivity contribution is -0.117. The first-order chi connectivity index (χ1) is 7.04. The number of amides is 1. The maximum absolute atomic E-state index is 13.1. The summed E-state index contributed by atoms with van der Waals surface area (Å²) >= 11 is 0. The topological polar surface area (TPSA) is 55.1 Å². The van der Waals surface area contributed by atoms with Crippen molar-refractivity contribution in [3.8, 4) is 0 Å². The number of rotatable bonds is 3. The molecule has 0 aliphatic carbocycles. The van der Waals surface area contributed by atoms with E-state index in [1.54, 1.807) is 6.92 Å². The van der Waals surface area contributed by atoms with E-state index in [-0.39, 0.29) is 18.1 Å². The molecular formula is C10H13ClF2N2O. The number of nitrogens with one attached hydrogen (secondary N) is 1. The van der Waals surface area contributed by atoms with Crippen LogP contribution in [0.1, 0.15) is 13.3 Å². The summed E-state index contributed by atoms with van der Waals surface area (Å²) in [6, 6.07) is 2.24. The van der Waals surface area contributed by atoms with Gasteiger partial charge in [-0.2, -0.15) is 0 Å². The molecule has 1 aromatic carbocycles. The molecule has 0 heterocycles. The van der Waals surface area contributed by atoms with Gasteiger partial charge in [0, 0.05) is 6.07 Å². The molecule has 0 aliphatic heterocycles. The predicted octanol–water partition coefficient (Wildman–Crippen LogP) is 2.06. The fourth-order valence-corrected chi connectivity index (χ4v) is 1.00. The summed E-state index contributed by atoms with van der Waals surface area (Å²) in [5.41, 5.74) is 5.37. The van der Waals surface area contributed by atoms with E-state index in [9.17, 15) is 13.6 Å². The number of carbonyl (C=O) groups excluding carboxylic acids is 1. The SMILES string of the molecule is CC[C@H](N)C(=O)Nc1ccc(F)cc1F.Cl. The summed E-state index contributed by atoms with van der Waals surface area (Å²) in [5.74, 6) is -1.99. The molecule has 1 rings (SSSR count). The first kappa shape index (κ1) is 14.8. The van der Waals surface area contributed by atoms with Gasteiger partial charge in [0.25, 0.3) is 0 Å². The number of benzene rings is 1. The van der Waals surface area contributed by atoms with Crippen LogP contribution in [0.25, 0.3) is 0 Å². The molecule has 1 amide bonds. The van der Waals surface area contributed by atoms with Crippen molar-refractivity contribution < 1.29 is 13.6 Å². The third-order valence-corrected chi connectivity index (χ3v) is 1.97. The lowest BCUT2D eigenvalue weighted by atomic mass is 10.2. The van der Waals surface area contributed by atoms with Crippen molar-refractivity contribution in [1.29, 1.82) is 0 Å². The lowest BCUT2D eigenvalue weighted by Crippen LogP contribution is -2.35. The van der Waals surface area contributed by atoms with Gasteiger partial charge in [0.15, 0.2) is 0 Å². The Bertz CT molecular complexity index is 374. The predicted molar refractivity (Wildman–Crippen MR) is 60.5 cm³/mol. The van der Waals surface area contributed by atoms with Gasteiger partial charge in [-0.15, -0.1) is 12.4 Å². The van der Waals surface area contributed by atoms with Crippen LogP contribution in [0.3, 0.4) is 0 Å². The van der Waals surface area contributed by atoms with E-state index in [0.717, 1.165) is 12.1 Å². The maximum atomic E-state index is 13.1. The Morgan fingerprint density at radius 2 is 2.12 bits per heavy atom. The van der Waals surface area contributed by atoms with Crippen molar-refractivity contribution in [3.05, 3.63) is 29.8 Å². The standard InChI is InChI=1S/C10H12F2N2O.ClH/c1-2-8(13)10(15)14-9-4-3-6(11)5-7(9)12;/h3-5,8H,2,13H2,1H3,(H,14,15);1H/t8-;/m0./s1. The molecule has 0 bridgehead atoms. The molecule has 6 heteroatoms. The van der Waals surface area contributed by atoms with Gasteiger partial charge in [-0.3, -0.25) is 4.79 Å². The molecule has 90 valence electrons. The first-order valence-electron chi connectivity index (χ1n) is 4.56. The second kappa shape index (κ2) is 6.40. The van der Waals surface area contributed by atoms with Gasteiger partial charge < -0.3 is 11.1 Å². The van der Waals surface area contributed by atoms with Crippen LogP contribution in [-0.2, 0) is 4.79 Å². The molecule has 3 N–H and O–H groups in total. The van der Waals surface area contributed by atoms with Crippen LogP contribution >= 0.6 is 12.4 Å². The minimum atomic E-state index is -0.813. The second-order valence-corrected chi connectivity index (χ2v) is 3.13. The van der Waals surface area contributed by atoms with Gasteiger partial charge in [0.1, 0.15) is 11.6 Å². The molecule has 0 spiro atoms. The molecule has 0 saturated carbocycles. The summed E-state index contributed by atoms with van der Waals surface area (Å²) in [6.45, 7) is 1.74. The molecule has 1 atom stereocenters. The molecule has 0 unspecified atom stereocenters. The van der Waals surface area contributed by atoms with E-state index in [1.165, 1.54) is 0 Å². The molecular weight excluding hydrogens is 238 g/mol. The molecule has 0 aliphatic rings. The Labute approximate surface area is 98.4 Å². The van der Waals surface area contributed by atoms with Crippen LogP contribution < -0.4 is 11.1 Å². The highest BCUT2D eigenvalue weighted by Crippen LogP contribution is 2.15. The Hall–Kier alpha value is -1.20. The molecule has 0 saturated heterocycles. The van der Waals surface area contributed by atoms with Crippen LogP contribution in [0.4, 0.5) is 14.5 Å². The number of carbonyl (C=O) groups is 1. The van der Waals surface area contributed by atoms with E-state index in [1.807, 2.05) is 0 Å². The van der Waals surface area contributed by atoms with Gasteiger partial charge in [0.2, 0.25) is 5.91 Å². The van der Waals surface area contributed by atoms with Crippen LogP contribution in [-0.4, -0.2) is 11.9 Å². The Morgan fingerprint density at radius 3 is 2.62 bits per heavy atom. The van der Waals surface area contributed by atoms with Crippen LogP contribution in [0.15, 0.2) is 18.2 Å². The van der Waals surface area contributed by atoms with Crippen LogP contribution in [0, 0.1) is 11.6 Å². The number of anilines is 1. The van der Waals surface area contributed by atoms with Gasteiger partial charge >= 0.3 is 0 Å². The Kier molecular flexibility index (Phi) is 5.92. The normalized spacial score (nSPS) is 11.5. The van der Waals surface area contributed by atoms with Crippen molar-refractivity contribution in [2.45, 2.75) is 19.4 Å². The van der Waals surface area contributed by atoms with Crippen molar-refractivity contribution in [2.24, 2.45) is 5.73 Å². The fraction of sp³-hybridized carbons (Fsp3) is 0.300. The second-order valence-electron chi connectivity index (χ2n) is 3.13. The van der Waals surface area contributed by atoms with Gasteiger partial charge in [-0.05, 0) is 18.6 Å². The van der Waals surface area contributed by atoms with E-state index in [0.29, 0.717) is 12.5 Å². The van der Waals surface area contributed by atoms with E-state index >= 15 is 0 Å². The highest BCUT2D eigenvalue weighted by molar-refractivity contribution is 5.94. The first-order valence-corrected chi connectivity index (χ1v) is 4.56. The Morgan fingerprint density at radius 1 is 1.50 bits per heavy atom. The largest absolute Gasteiger partial charge is 0.322 e. The van der Waals surface area contributed by atoms with E-state index in [4.69, 9.17) is 5.73 Å². The van der Waals surface area contributed by atoms with E-state index < -0.39 is 23.6 Å². The van der Waals surface area contributed by atoms with Crippen molar-refractivity contribution in [2.75, 3.05) is 5.32 Å². The minimum absolute atomic E-state index is 0. The van der Waals surface area contributed by atoms with E-state index in [2.05, 4.69) is 5.32 Å². The number of nitrogens with two attached hydrogens (primary N) is 1. The van der Waals surface area contributed by atoms with Crippen LogP contribution in [0.2, 0.25) is 0 Å². The number of hydrogen-bond acceptors (Lipinski definition) is 2. The third-order valence-electron chi connectivity index (χ3n) is 1.97.